The Morgan fingerprint density at radius 1 is 0.860 bits per heavy atom. The van der Waals surface area contributed by atoms with Crippen LogP contribution in [0.1, 0.15) is 49.7 Å². The highest BCUT2D eigenvalue weighted by Gasteiger charge is 2.32. The third-order valence-electron chi connectivity index (χ3n) is 10.3. The normalized spacial score (nSPS) is 19.0. The van der Waals surface area contributed by atoms with E-state index in [2.05, 4.69) is 10.2 Å². The summed E-state index contributed by atoms with van der Waals surface area (Å²) in [6, 6.07) is 11.4. The van der Waals surface area contributed by atoms with E-state index in [1.54, 1.807) is 33.3 Å². The van der Waals surface area contributed by atoms with Crippen molar-refractivity contribution < 1.29 is 33.3 Å². The number of aromatic nitrogens is 1. The maximum absolute atomic E-state index is 14.3. The minimum absolute atomic E-state index is 0.0219. The maximum Gasteiger partial charge on any atom is 0.227 e. The van der Waals surface area contributed by atoms with Gasteiger partial charge < -0.3 is 39.0 Å². The van der Waals surface area contributed by atoms with Crippen molar-refractivity contribution in [2.45, 2.75) is 51.5 Å². The summed E-state index contributed by atoms with van der Waals surface area (Å²) >= 11 is 0. The zero-order valence-electron chi connectivity index (χ0n) is 29.7. The van der Waals surface area contributed by atoms with Crippen molar-refractivity contribution in [3.8, 4) is 23.0 Å². The molecule has 268 valence electrons. The molecule has 3 amide bonds. The van der Waals surface area contributed by atoms with Gasteiger partial charge in [0, 0.05) is 75.2 Å². The molecule has 2 aromatic carbocycles. The number of amides is 3. The van der Waals surface area contributed by atoms with Gasteiger partial charge in [-0.25, -0.2) is 4.98 Å². The number of nitrogens with zero attached hydrogens (tertiary/aromatic N) is 4. The fraction of sp³-hybridized carbons (Fsp3) is 0.526. The number of nitrogens with one attached hydrogen (secondary N) is 1. The minimum atomic E-state index is -0.0740. The predicted octanol–water partition coefficient (Wildman–Crippen LogP) is 4.21. The smallest absolute Gasteiger partial charge is 0.227 e. The molecule has 6 rings (SSSR count). The van der Waals surface area contributed by atoms with Crippen LogP contribution in [0.5, 0.6) is 23.0 Å². The number of rotatable bonds is 7. The number of ether oxygens (including phenoxy) is 4. The Kier molecular flexibility index (Phi) is 11.1. The number of benzene rings is 2. The zero-order valence-corrected chi connectivity index (χ0v) is 29.7. The molecular weight excluding hydrogens is 638 g/mol. The van der Waals surface area contributed by atoms with Gasteiger partial charge in [0.2, 0.25) is 23.5 Å². The fourth-order valence-electron chi connectivity index (χ4n) is 7.23. The lowest BCUT2D eigenvalue weighted by Crippen LogP contribution is -2.45. The number of carbonyl (C=O) groups is 3. The Balaban J connectivity index is 1.44. The van der Waals surface area contributed by atoms with Gasteiger partial charge in [-0.2, -0.15) is 0 Å². The Morgan fingerprint density at radius 2 is 1.62 bits per heavy atom. The predicted molar refractivity (Wildman–Crippen MR) is 190 cm³/mol. The summed E-state index contributed by atoms with van der Waals surface area (Å²) in [7, 11) is 6.36. The topological polar surface area (TPSA) is 123 Å². The monoisotopic (exact) mass is 687 g/mol. The molecule has 12 heteroatoms. The highest BCUT2D eigenvalue weighted by Crippen LogP contribution is 2.44. The van der Waals surface area contributed by atoms with E-state index in [1.807, 2.05) is 41.3 Å². The van der Waals surface area contributed by atoms with Crippen molar-refractivity contribution in [1.29, 1.82) is 0 Å². The average molecular weight is 688 g/mol. The summed E-state index contributed by atoms with van der Waals surface area (Å²) in [5, 5.41) is 3.88. The number of pyridine rings is 1. The van der Waals surface area contributed by atoms with E-state index >= 15 is 0 Å². The molecule has 1 unspecified atom stereocenters. The van der Waals surface area contributed by atoms with Gasteiger partial charge in [-0.1, -0.05) is 18.6 Å². The van der Waals surface area contributed by atoms with Crippen LogP contribution in [0.15, 0.2) is 36.4 Å². The zero-order chi connectivity index (χ0) is 35.2. The lowest BCUT2D eigenvalue weighted by Gasteiger charge is -2.36. The Morgan fingerprint density at radius 3 is 2.30 bits per heavy atom. The van der Waals surface area contributed by atoms with Gasteiger partial charge >= 0.3 is 0 Å². The molecule has 1 saturated heterocycles. The number of methoxy groups -OCH3 is 4. The molecule has 1 aromatic heterocycles. The number of piperidine rings is 1. The van der Waals surface area contributed by atoms with Crippen molar-refractivity contribution in [2.75, 3.05) is 72.6 Å². The fourth-order valence-corrected chi connectivity index (χ4v) is 7.23. The number of hydrogen-bond acceptors (Lipinski definition) is 9. The molecule has 3 aromatic rings. The average Bonchev–Trinajstić information content (AvgIpc) is 3.11. The lowest BCUT2D eigenvalue weighted by atomic mass is 9.84. The van der Waals surface area contributed by atoms with E-state index in [4.69, 9.17) is 23.9 Å². The Bertz CT molecular complexity index is 1690. The van der Waals surface area contributed by atoms with Crippen LogP contribution in [0.2, 0.25) is 0 Å². The number of fused-ring (bicyclic) bond motifs is 5. The molecule has 3 aliphatic rings. The van der Waals surface area contributed by atoms with Gasteiger partial charge in [-0.15, -0.1) is 0 Å². The van der Waals surface area contributed by atoms with Crippen LogP contribution in [0.4, 0.5) is 5.82 Å². The van der Waals surface area contributed by atoms with Crippen LogP contribution < -0.4 is 29.2 Å². The molecule has 1 saturated carbocycles. The lowest BCUT2D eigenvalue weighted by molar-refractivity contribution is -0.140. The third kappa shape index (κ3) is 7.69. The van der Waals surface area contributed by atoms with E-state index in [1.165, 1.54) is 0 Å². The van der Waals surface area contributed by atoms with Crippen molar-refractivity contribution >= 4 is 34.4 Å². The number of hydrogen-bond donors (Lipinski definition) is 1. The van der Waals surface area contributed by atoms with Crippen LogP contribution in [0.3, 0.4) is 0 Å². The summed E-state index contributed by atoms with van der Waals surface area (Å²) < 4.78 is 22.6. The maximum atomic E-state index is 14.3. The van der Waals surface area contributed by atoms with Gasteiger partial charge in [0.15, 0.2) is 11.5 Å². The SMILES string of the molecule is COc1ccc(CC(=O)N2CCN(C(=O)C3CCC3)CCC(=O)NCC3CCCN(C3)c3nc4cc(OC)c(OC)c(OC)c4cc3C2)cc1. The molecule has 1 aliphatic carbocycles. The summed E-state index contributed by atoms with van der Waals surface area (Å²) in [5.74, 6) is 3.11. The van der Waals surface area contributed by atoms with E-state index in [0.717, 1.165) is 66.7 Å². The third-order valence-corrected chi connectivity index (χ3v) is 10.3. The molecule has 1 N–H and O–H groups in total. The van der Waals surface area contributed by atoms with Crippen LogP contribution in [-0.4, -0.2) is 100 Å². The van der Waals surface area contributed by atoms with Crippen LogP contribution in [0, 0.1) is 11.8 Å². The molecular formula is C38H49N5O7. The van der Waals surface area contributed by atoms with Crippen LogP contribution in [0.25, 0.3) is 10.9 Å². The first-order chi connectivity index (χ1) is 24.3. The largest absolute Gasteiger partial charge is 0.497 e. The van der Waals surface area contributed by atoms with Gasteiger partial charge in [0.25, 0.3) is 0 Å². The highest BCUT2D eigenvalue weighted by atomic mass is 16.5. The van der Waals surface area contributed by atoms with Crippen molar-refractivity contribution in [3.05, 3.63) is 47.5 Å². The van der Waals surface area contributed by atoms with Crippen molar-refractivity contribution in [1.82, 2.24) is 20.1 Å². The van der Waals surface area contributed by atoms with Crippen LogP contribution >= 0.6 is 0 Å². The molecule has 1 atom stereocenters. The second kappa shape index (κ2) is 15.9. The molecule has 2 aliphatic heterocycles. The molecule has 12 nitrogen and oxygen atoms in total. The summed E-state index contributed by atoms with van der Waals surface area (Å²) in [4.78, 5) is 52.1. The summed E-state index contributed by atoms with van der Waals surface area (Å²) in [6.45, 7) is 3.28. The summed E-state index contributed by atoms with van der Waals surface area (Å²) in [6.07, 6.45) is 5.09. The van der Waals surface area contributed by atoms with Gasteiger partial charge in [-0.3, -0.25) is 14.4 Å². The quantitative estimate of drug-likeness (QED) is 0.390. The van der Waals surface area contributed by atoms with Crippen molar-refractivity contribution in [3.63, 3.8) is 0 Å². The summed E-state index contributed by atoms with van der Waals surface area (Å²) in [5.41, 5.74) is 2.41. The number of carbonyl (C=O) groups excluding carboxylic acids is 3. The Hall–Kier alpha value is -4.74. The Labute approximate surface area is 294 Å². The molecule has 2 bridgehead atoms. The first kappa shape index (κ1) is 35.1. The molecule has 2 fully saturated rings. The van der Waals surface area contributed by atoms with E-state index in [0.29, 0.717) is 55.5 Å². The van der Waals surface area contributed by atoms with Crippen molar-refractivity contribution in [2.24, 2.45) is 11.8 Å². The van der Waals surface area contributed by atoms with E-state index in [9.17, 15) is 14.4 Å². The molecule has 3 heterocycles. The second-order valence-corrected chi connectivity index (χ2v) is 13.5. The van der Waals surface area contributed by atoms with Gasteiger partial charge in [0.1, 0.15) is 11.6 Å². The first-order valence-electron chi connectivity index (χ1n) is 17.7. The molecule has 50 heavy (non-hydrogen) atoms. The number of anilines is 1. The second-order valence-electron chi connectivity index (χ2n) is 13.5. The molecule has 0 radical (unpaired) electrons. The first-order valence-corrected chi connectivity index (χ1v) is 17.7. The van der Waals surface area contributed by atoms with E-state index in [-0.39, 0.29) is 48.9 Å². The minimum Gasteiger partial charge on any atom is -0.497 e. The van der Waals surface area contributed by atoms with Gasteiger partial charge in [-0.05, 0) is 55.4 Å². The van der Waals surface area contributed by atoms with E-state index < -0.39 is 0 Å². The molecule has 0 spiro atoms. The van der Waals surface area contributed by atoms with Gasteiger partial charge in [0.05, 0.1) is 40.4 Å². The highest BCUT2D eigenvalue weighted by molar-refractivity contribution is 5.92. The standard InChI is InChI=1S/C38H49N5O7/c1-47-29-12-10-25(11-13-29)19-34(45)42-18-17-41(38(46)27-8-5-9-27)16-14-33(44)39-22-26-7-6-15-43(23-26)37-28(24-42)20-30-31(40-37)21-32(48-2)36(50-4)35(30)49-3/h10-13,20-21,26-27H,5-9,14-19,22-24H2,1-4H3,(H,39,44). The van der Waals surface area contributed by atoms with Crippen LogP contribution in [-0.2, 0) is 27.3 Å².